The first kappa shape index (κ1) is 23.4. The molecule has 7 nitrogen and oxygen atoms in total. The molecule has 1 aliphatic heterocycles. The molecule has 166 valence electrons. The Morgan fingerprint density at radius 2 is 2.09 bits per heavy atom. The average molecular weight is 508 g/mol. The highest BCUT2D eigenvalue weighted by atomic mass is 79.9. The van der Waals surface area contributed by atoms with Crippen LogP contribution in [0.4, 0.5) is 19.0 Å². The molecular formula is C21H17BrF3N5O2. The van der Waals surface area contributed by atoms with Crippen LogP contribution in [0, 0.1) is 6.57 Å². The van der Waals surface area contributed by atoms with Gasteiger partial charge in [-0.1, -0.05) is 22.5 Å². The van der Waals surface area contributed by atoms with Crippen molar-refractivity contribution in [2.45, 2.75) is 19.0 Å². The molecule has 32 heavy (non-hydrogen) atoms. The highest BCUT2D eigenvalue weighted by molar-refractivity contribution is 9.10. The summed E-state index contributed by atoms with van der Waals surface area (Å²) in [6.07, 6.45) is 0.854. The van der Waals surface area contributed by atoms with Crippen molar-refractivity contribution in [1.29, 1.82) is 0 Å². The van der Waals surface area contributed by atoms with E-state index in [4.69, 9.17) is 11.3 Å². The first-order chi connectivity index (χ1) is 15.3. The molecule has 0 atom stereocenters. The maximum absolute atomic E-state index is 12.1. The predicted octanol–water partition coefficient (Wildman–Crippen LogP) is 4.32. The van der Waals surface area contributed by atoms with Crippen molar-refractivity contribution >= 4 is 38.9 Å². The van der Waals surface area contributed by atoms with Crippen LogP contribution < -0.4 is 10.1 Å². The van der Waals surface area contributed by atoms with Crippen molar-refractivity contribution in [2.24, 2.45) is 4.99 Å². The van der Waals surface area contributed by atoms with Gasteiger partial charge in [0.15, 0.2) is 0 Å². The van der Waals surface area contributed by atoms with Crippen LogP contribution in [0.5, 0.6) is 5.75 Å². The zero-order chi connectivity index (χ0) is 23.1. The number of rotatable bonds is 8. The molecule has 1 aliphatic rings. The zero-order valence-corrected chi connectivity index (χ0v) is 18.2. The smallest absolute Gasteiger partial charge is 0.471 e. The Morgan fingerprint density at radius 3 is 2.75 bits per heavy atom. The molecule has 0 spiro atoms. The molecule has 1 aromatic heterocycles. The number of amides is 1. The lowest BCUT2D eigenvalue weighted by Gasteiger charge is -2.11. The van der Waals surface area contributed by atoms with Gasteiger partial charge in [0.1, 0.15) is 11.9 Å². The van der Waals surface area contributed by atoms with Crippen molar-refractivity contribution in [2.75, 3.05) is 19.7 Å². The van der Waals surface area contributed by atoms with Crippen LogP contribution in [0.25, 0.3) is 10.4 Å². The summed E-state index contributed by atoms with van der Waals surface area (Å²) in [6, 6.07) is 5.41. The van der Waals surface area contributed by atoms with Crippen molar-refractivity contribution in [3.05, 3.63) is 63.8 Å². The van der Waals surface area contributed by atoms with Crippen molar-refractivity contribution in [1.82, 2.24) is 15.3 Å². The molecule has 0 aliphatic carbocycles. The molecule has 0 radical (unpaired) electrons. The quantitative estimate of drug-likeness (QED) is 0.426. The van der Waals surface area contributed by atoms with Gasteiger partial charge >= 0.3 is 12.1 Å². The van der Waals surface area contributed by atoms with Gasteiger partial charge in [-0.2, -0.15) is 13.2 Å². The van der Waals surface area contributed by atoms with Gasteiger partial charge in [0.25, 0.3) is 5.82 Å². The highest BCUT2D eigenvalue weighted by Crippen LogP contribution is 2.30. The Morgan fingerprint density at radius 1 is 1.28 bits per heavy atom. The van der Waals surface area contributed by atoms with Crippen molar-refractivity contribution < 1.29 is 22.7 Å². The number of carbonyl (C=O) groups is 1. The molecular weight excluding hydrogens is 491 g/mol. The summed E-state index contributed by atoms with van der Waals surface area (Å²) < 4.78 is 42.7. The van der Waals surface area contributed by atoms with Gasteiger partial charge in [-0.25, -0.2) is 0 Å². The van der Waals surface area contributed by atoms with E-state index in [-0.39, 0.29) is 25.4 Å². The SMILES string of the molecule is [C-]#[N+]c1cnc(CC2=NCC(c3ccc(OCCCNC(=O)C(F)(F)F)cc3Br)=C2)cn1. The number of ether oxygens (including phenoxy) is 1. The highest BCUT2D eigenvalue weighted by Gasteiger charge is 2.38. The third kappa shape index (κ3) is 6.37. The van der Waals surface area contributed by atoms with Crippen LogP contribution in [-0.4, -0.2) is 47.5 Å². The number of hydrogen-bond donors (Lipinski definition) is 1. The van der Waals surface area contributed by atoms with E-state index in [1.807, 2.05) is 12.1 Å². The van der Waals surface area contributed by atoms with Crippen LogP contribution in [0.2, 0.25) is 0 Å². The van der Waals surface area contributed by atoms with Crippen LogP contribution in [0.15, 0.2) is 46.1 Å². The molecule has 1 N–H and O–H groups in total. The van der Waals surface area contributed by atoms with Gasteiger partial charge in [-0.05, 0) is 41.8 Å². The van der Waals surface area contributed by atoms with E-state index in [9.17, 15) is 18.0 Å². The number of carbonyl (C=O) groups excluding carboxylic acids is 1. The molecule has 1 aromatic carbocycles. The van der Waals surface area contributed by atoms with Crippen LogP contribution in [-0.2, 0) is 11.2 Å². The average Bonchev–Trinajstić information content (AvgIpc) is 3.21. The minimum absolute atomic E-state index is 0.129. The first-order valence-electron chi connectivity index (χ1n) is 9.46. The largest absolute Gasteiger partial charge is 0.493 e. The Labute approximate surface area is 190 Å². The van der Waals surface area contributed by atoms with Crippen molar-refractivity contribution in [3.63, 3.8) is 0 Å². The van der Waals surface area contributed by atoms with E-state index in [0.717, 1.165) is 27.0 Å². The maximum Gasteiger partial charge on any atom is 0.471 e. The lowest BCUT2D eigenvalue weighted by atomic mass is 10.1. The van der Waals surface area contributed by atoms with Gasteiger partial charge in [-0.3, -0.25) is 14.8 Å². The van der Waals surface area contributed by atoms with E-state index in [1.54, 1.807) is 23.6 Å². The summed E-state index contributed by atoms with van der Waals surface area (Å²) in [5, 5.41) is 1.80. The number of aliphatic imine (C=N–C) groups is 1. The van der Waals surface area contributed by atoms with Gasteiger partial charge in [0.2, 0.25) is 0 Å². The van der Waals surface area contributed by atoms with Crippen LogP contribution in [0.3, 0.4) is 0 Å². The minimum atomic E-state index is -4.88. The summed E-state index contributed by atoms with van der Waals surface area (Å²) in [4.78, 5) is 26.7. The monoisotopic (exact) mass is 507 g/mol. The van der Waals surface area contributed by atoms with E-state index in [0.29, 0.717) is 18.7 Å². The van der Waals surface area contributed by atoms with Crippen LogP contribution in [0.1, 0.15) is 17.7 Å². The summed E-state index contributed by atoms with van der Waals surface area (Å²) in [5.74, 6) is -1.16. The fourth-order valence-electron chi connectivity index (χ4n) is 2.84. The van der Waals surface area contributed by atoms with Gasteiger partial charge in [0, 0.05) is 23.1 Å². The molecule has 11 heteroatoms. The standard InChI is InChI=1S/C21H17BrF3N5O2/c1-26-19-12-29-15(11-30-19)8-14-7-13(10-28-14)17-4-3-16(9-18(17)22)32-6-2-5-27-20(31)21(23,24)25/h3-4,7,9,11-12H,2,5-6,8,10H2,(H,27,31). The minimum Gasteiger partial charge on any atom is -0.493 e. The lowest BCUT2D eigenvalue weighted by molar-refractivity contribution is -0.173. The molecule has 2 aromatic rings. The second kappa shape index (κ2) is 10.4. The second-order valence-corrected chi connectivity index (χ2v) is 7.58. The Balaban J connectivity index is 1.51. The number of halogens is 4. The number of hydrogen-bond acceptors (Lipinski definition) is 5. The number of alkyl halides is 3. The Kier molecular flexibility index (Phi) is 7.58. The topological polar surface area (TPSA) is 80.8 Å². The summed E-state index contributed by atoms with van der Waals surface area (Å²) in [7, 11) is 0. The van der Waals surface area contributed by atoms with Gasteiger partial charge < -0.3 is 14.9 Å². The van der Waals surface area contributed by atoms with Gasteiger partial charge in [-0.15, -0.1) is 4.98 Å². The van der Waals surface area contributed by atoms with E-state index in [1.165, 1.54) is 6.20 Å². The number of nitrogens with zero attached hydrogens (tertiary/aromatic N) is 4. The summed E-state index contributed by atoms with van der Waals surface area (Å²) in [5.41, 5.74) is 3.54. The molecule has 0 bridgehead atoms. The van der Waals surface area contributed by atoms with Gasteiger partial charge in [0.05, 0.1) is 25.0 Å². The predicted molar refractivity (Wildman–Crippen MR) is 116 cm³/mol. The molecule has 0 fully saturated rings. The molecule has 2 heterocycles. The third-order valence-corrected chi connectivity index (χ3v) is 5.04. The molecule has 0 unspecified atom stereocenters. The van der Waals surface area contributed by atoms with Crippen molar-refractivity contribution in [3.8, 4) is 5.75 Å². The number of allylic oxidation sites excluding steroid dienone is 1. The molecule has 0 saturated heterocycles. The second-order valence-electron chi connectivity index (χ2n) is 6.73. The fourth-order valence-corrected chi connectivity index (χ4v) is 3.45. The summed E-state index contributed by atoms with van der Waals surface area (Å²) >= 11 is 3.52. The Bertz CT molecular complexity index is 1090. The number of benzene rings is 1. The molecule has 0 saturated carbocycles. The van der Waals surface area contributed by atoms with E-state index < -0.39 is 12.1 Å². The fraction of sp³-hybridized carbons (Fsp3) is 0.286. The number of aromatic nitrogens is 2. The summed E-state index contributed by atoms with van der Waals surface area (Å²) in [6.45, 7) is 7.46. The van der Waals surface area contributed by atoms with E-state index in [2.05, 4.69) is 35.7 Å². The van der Waals surface area contributed by atoms with Crippen LogP contribution >= 0.6 is 15.9 Å². The third-order valence-electron chi connectivity index (χ3n) is 4.38. The number of nitrogens with one attached hydrogen (secondary N) is 1. The van der Waals surface area contributed by atoms with E-state index >= 15 is 0 Å². The lowest BCUT2D eigenvalue weighted by Crippen LogP contribution is -2.37. The Hall–Kier alpha value is -3.26. The maximum atomic E-state index is 12.1. The zero-order valence-electron chi connectivity index (χ0n) is 16.6. The molecule has 1 amide bonds. The molecule has 3 rings (SSSR count). The first-order valence-corrected chi connectivity index (χ1v) is 10.3. The normalized spacial score (nSPS) is 13.2.